The van der Waals surface area contributed by atoms with Crippen LogP contribution in [0.3, 0.4) is 0 Å². The molecule has 0 radical (unpaired) electrons. The first-order valence-corrected chi connectivity index (χ1v) is 6.61. The molecule has 2 nitrogen and oxygen atoms in total. The number of nitrogens with two attached hydrogens (primary N) is 2. The Morgan fingerprint density at radius 3 is 2.33 bits per heavy atom. The highest BCUT2D eigenvalue weighted by Crippen LogP contribution is 2.37. The third kappa shape index (κ3) is 4.55. The van der Waals surface area contributed by atoms with Gasteiger partial charge in [0.1, 0.15) is 5.82 Å². The molecule has 0 heterocycles. The molecular weight excluding hydrogens is 227 g/mol. The van der Waals surface area contributed by atoms with Crippen molar-refractivity contribution >= 4 is 11.4 Å². The summed E-state index contributed by atoms with van der Waals surface area (Å²) in [6.45, 7) is 7.16. The Labute approximate surface area is 110 Å². The maximum absolute atomic E-state index is 12.4. The molecule has 18 heavy (non-hydrogen) atoms. The van der Waals surface area contributed by atoms with Gasteiger partial charge in [-0.15, -0.1) is 0 Å². The van der Waals surface area contributed by atoms with E-state index in [9.17, 15) is 4.39 Å². The van der Waals surface area contributed by atoms with Gasteiger partial charge in [-0.3, -0.25) is 0 Å². The lowest BCUT2D eigenvalue weighted by Gasteiger charge is -2.33. The van der Waals surface area contributed by atoms with Crippen molar-refractivity contribution in [3.63, 3.8) is 0 Å². The molecule has 0 aliphatic heterocycles. The summed E-state index contributed by atoms with van der Waals surface area (Å²) in [5.74, 6) is 0.517. The normalized spacial score (nSPS) is 21.9. The average Bonchev–Trinajstić information content (AvgIpc) is 2.25. The van der Waals surface area contributed by atoms with Gasteiger partial charge < -0.3 is 11.5 Å². The molecule has 102 valence electrons. The van der Waals surface area contributed by atoms with Crippen LogP contribution in [0.1, 0.15) is 46.5 Å². The number of rotatable bonds is 0. The van der Waals surface area contributed by atoms with E-state index in [1.807, 2.05) is 0 Å². The Morgan fingerprint density at radius 1 is 1.28 bits per heavy atom. The molecule has 0 bridgehead atoms. The van der Waals surface area contributed by atoms with E-state index in [4.69, 9.17) is 11.5 Å². The predicted molar refractivity (Wildman–Crippen MR) is 76.6 cm³/mol. The first-order chi connectivity index (χ1) is 8.32. The summed E-state index contributed by atoms with van der Waals surface area (Å²) in [4.78, 5) is 0. The number of anilines is 2. The second kappa shape index (κ2) is 6.07. The molecule has 3 heteroatoms. The van der Waals surface area contributed by atoms with Crippen LogP contribution >= 0.6 is 0 Å². The van der Waals surface area contributed by atoms with Gasteiger partial charge in [-0.2, -0.15) is 0 Å². The van der Waals surface area contributed by atoms with Crippen molar-refractivity contribution in [2.45, 2.75) is 46.5 Å². The molecule has 0 aromatic heterocycles. The summed E-state index contributed by atoms with van der Waals surface area (Å²) in [6.07, 6.45) is 5.79. The number of halogens is 1. The summed E-state index contributed by atoms with van der Waals surface area (Å²) in [5.41, 5.74) is 11.4. The van der Waals surface area contributed by atoms with E-state index in [-0.39, 0.29) is 11.4 Å². The summed E-state index contributed by atoms with van der Waals surface area (Å²) in [5, 5.41) is 0. The molecule has 0 spiro atoms. The Morgan fingerprint density at radius 2 is 1.94 bits per heavy atom. The van der Waals surface area contributed by atoms with Crippen molar-refractivity contribution in [3.05, 3.63) is 24.0 Å². The van der Waals surface area contributed by atoms with Crippen LogP contribution in [0.15, 0.2) is 18.2 Å². The lowest BCUT2D eigenvalue weighted by Crippen LogP contribution is -2.20. The maximum atomic E-state index is 12.4. The molecule has 1 atom stereocenters. The Hall–Kier alpha value is -1.25. The zero-order chi connectivity index (χ0) is 13.8. The monoisotopic (exact) mass is 252 g/mol. The third-order valence-corrected chi connectivity index (χ3v) is 3.54. The van der Waals surface area contributed by atoms with Gasteiger partial charge in [0, 0.05) is 0 Å². The summed E-state index contributed by atoms with van der Waals surface area (Å²) in [6, 6.07) is 4.34. The van der Waals surface area contributed by atoms with Crippen LogP contribution in [0.5, 0.6) is 0 Å². The van der Waals surface area contributed by atoms with Crippen LogP contribution in [-0.4, -0.2) is 0 Å². The first kappa shape index (κ1) is 14.8. The molecule has 1 aromatic rings. The topological polar surface area (TPSA) is 52.0 Å². The van der Waals surface area contributed by atoms with E-state index in [0.29, 0.717) is 5.41 Å². The predicted octanol–water partition coefficient (Wildman–Crippen LogP) is 4.21. The maximum Gasteiger partial charge on any atom is 0.148 e. The molecule has 1 fully saturated rings. The van der Waals surface area contributed by atoms with Gasteiger partial charge in [-0.25, -0.2) is 4.39 Å². The largest absolute Gasteiger partial charge is 0.397 e. The smallest absolute Gasteiger partial charge is 0.148 e. The first-order valence-electron chi connectivity index (χ1n) is 6.61. The number of benzene rings is 1. The Kier molecular flexibility index (Phi) is 5.00. The van der Waals surface area contributed by atoms with E-state index in [0.717, 1.165) is 5.92 Å². The van der Waals surface area contributed by atoms with Gasteiger partial charge in [0.2, 0.25) is 0 Å². The fourth-order valence-electron chi connectivity index (χ4n) is 2.63. The fraction of sp³-hybridized carbons (Fsp3) is 0.600. The highest BCUT2D eigenvalue weighted by molar-refractivity contribution is 5.63. The van der Waals surface area contributed by atoms with E-state index in [1.54, 1.807) is 6.07 Å². The van der Waals surface area contributed by atoms with E-state index >= 15 is 0 Å². The minimum atomic E-state index is -0.463. The molecule has 4 N–H and O–H groups in total. The number of para-hydroxylation sites is 1. The van der Waals surface area contributed by atoms with Crippen molar-refractivity contribution in [1.29, 1.82) is 0 Å². The SMILES string of the molecule is CC1CCCC(C)(C)C1.Nc1cccc(F)c1N. The van der Waals surface area contributed by atoms with Crippen LogP contribution < -0.4 is 11.5 Å². The number of hydrogen-bond acceptors (Lipinski definition) is 2. The Bertz CT molecular complexity index is 368. The lowest BCUT2D eigenvalue weighted by atomic mass is 9.73. The minimum absolute atomic E-state index is 0.0255. The molecule has 1 aliphatic rings. The molecule has 1 aliphatic carbocycles. The summed E-state index contributed by atoms with van der Waals surface area (Å²) >= 11 is 0. The lowest BCUT2D eigenvalue weighted by molar-refractivity contribution is 0.191. The molecule has 0 saturated heterocycles. The second-order valence-electron chi connectivity index (χ2n) is 6.11. The van der Waals surface area contributed by atoms with Crippen LogP contribution in [0.2, 0.25) is 0 Å². The van der Waals surface area contributed by atoms with Crippen molar-refractivity contribution in [2.75, 3.05) is 11.5 Å². The van der Waals surface area contributed by atoms with E-state index < -0.39 is 5.82 Å². The second-order valence-corrected chi connectivity index (χ2v) is 6.11. The van der Waals surface area contributed by atoms with Crippen LogP contribution in [0.25, 0.3) is 0 Å². The van der Waals surface area contributed by atoms with E-state index in [1.165, 1.54) is 37.8 Å². The van der Waals surface area contributed by atoms with Gasteiger partial charge >= 0.3 is 0 Å². The van der Waals surface area contributed by atoms with Crippen LogP contribution in [0, 0.1) is 17.2 Å². The highest BCUT2D eigenvalue weighted by Gasteiger charge is 2.24. The van der Waals surface area contributed by atoms with Gasteiger partial charge in [0.25, 0.3) is 0 Å². The van der Waals surface area contributed by atoms with E-state index in [2.05, 4.69) is 20.8 Å². The average molecular weight is 252 g/mol. The molecule has 1 saturated carbocycles. The minimum Gasteiger partial charge on any atom is -0.397 e. The number of nitrogen functional groups attached to an aromatic ring is 2. The number of hydrogen-bond donors (Lipinski definition) is 2. The van der Waals surface area contributed by atoms with Crippen molar-refractivity contribution in [2.24, 2.45) is 11.3 Å². The summed E-state index contributed by atoms with van der Waals surface area (Å²) in [7, 11) is 0. The highest BCUT2D eigenvalue weighted by atomic mass is 19.1. The molecule has 2 rings (SSSR count). The standard InChI is InChI=1S/C9H18.C6H7FN2/c1-8-5-4-6-9(2,3)7-8;7-4-2-1-3-5(8)6(4)9/h8H,4-7H2,1-3H3;1-3H,8-9H2. The molecular formula is C15H25FN2. The van der Waals surface area contributed by atoms with Gasteiger partial charge in [0.15, 0.2) is 0 Å². The van der Waals surface area contributed by atoms with Crippen molar-refractivity contribution in [3.8, 4) is 0 Å². The van der Waals surface area contributed by atoms with Crippen molar-refractivity contribution < 1.29 is 4.39 Å². The molecule has 0 amide bonds. The van der Waals surface area contributed by atoms with Gasteiger partial charge in [-0.05, 0) is 36.3 Å². The fourth-order valence-corrected chi connectivity index (χ4v) is 2.63. The third-order valence-electron chi connectivity index (χ3n) is 3.54. The molecule has 1 unspecified atom stereocenters. The molecule has 1 aromatic carbocycles. The van der Waals surface area contributed by atoms with Crippen molar-refractivity contribution in [1.82, 2.24) is 0 Å². The quantitative estimate of drug-likeness (QED) is 0.679. The summed E-state index contributed by atoms with van der Waals surface area (Å²) < 4.78 is 12.4. The van der Waals surface area contributed by atoms with Crippen LogP contribution in [0.4, 0.5) is 15.8 Å². The van der Waals surface area contributed by atoms with Gasteiger partial charge in [-0.1, -0.05) is 39.7 Å². The zero-order valence-corrected chi connectivity index (χ0v) is 11.7. The van der Waals surface area contributed by atoms with Crippen LogP contribution in [-0.2, 0) is 0 Å². The Balaban J connectivity index is 0.000000180. The zero-order valence-electron chi connectivity index (χ0n) is 11.7. The van der Waals surface area contributed by atoms with Gasteiger partial charge in [0.05, 0.1) is 11.4 Å².